The zero-order valence-electron chi connectivity index (χ0n) is 11.3. The average Bonchev–Trinajstić information content (AvgIpc) is 2.42. The SMILES string of the molecule is COc1ccc(Br)c(CC(O)C2Cc3ccccc32)c1. The van der Waals surface area contributed by atoms with Crippen LogP contribution in [-0.4, -0.2) is 18.3 Å². The van der Waals surface area contributed by atoms with Gasteiger partial charge in [-0.2, -0.15) is 0 Å². The van der Waals surface area contributed by atoms with Gasteiger partial charge in [0.2, 0.25) is 0 Å². The van der Waals surface area contributed by atoms with Gasteiger partial charge in [0.15, 0.2) is 0 Å². The Morgan fingerprint density at radius 2 is 2.10 bits per heavy atom. The van der Waals surface area contributed by atoms with Gasteiger partial charge >= 0.3 is 0 Å². The summed E-state index contributed by atoms with van der Waals surface area (Å²) >= 11 is 3.54. The topological polar surface area (TPSA) is 29.5 Å². The molecule has 2 atom stereocenters. The number of ether oxygens (including phenoxy) is 1. The minimum Gasteiger partial charge on any atom is -0.497 e. The molecule has 0 saturated heterocycles. The lowest BCUT2D eigenvalue weighted by Gasteiger charge is -2.34. The number of benzene rings is 2. The Morgan fingerprint density at radius 1 is 1.30 bits per heavy atom. The van der Waals surface area contributed by atoms with Crippen LogP contribution in [0.25, 0.3) is 0 Å². The summed E-state index contributed by atoms with van der Waals surface area (Å²) in [5.74, 6) is 1.08. The van der Waals surface area contributed by atoms with Crippen LogP contribution < -0.4 is 4.74 Å². The van der Waals surface area contributed by atoms with Crippen LogP contribution in [0.4, 0.5) is 0 Å². The molecule has 0 bridgehead atoms. The molecule has 0 saturated carbocycles. The van der Waals surface area contributed by atoms with E-state index in [1.54, 1.807) is 7.11 Å². The minimum atomic E-state index is -0.353. The molecule has 1 N–H and O–H groups in total. The van der Waals surface area contributed by atoms with Gasteiger partial charge in [-0.25, -0.2) is 0 Å². The summed E-state index contributed by atoms with van der Waals surface area (Å²) in [6.45, 7) is 0. The van der Waals surface area contributed by atoms with Crippen molar-refractivity contribution in [1.29, 1.82) is 0 Å². The standard InChI is InChI=1S/C17H17BrO2/c1-20-13-6-7-16(18)12(8-13)10-17(19)15-9-11-4-2-3-5-14(11)15/h2-8,15,17,19H,9-10H2,1H3. The van der Waals surface area contributed by atoms with Crippen LogP contribution in [-0.2, 0) is 12.8 Å². The summed E-state index contributed by atoms with van der Waals surface area (Å²) in [6, 6.07) is 14.2. The maximum atomic E-state index is 10.5. The van der Waals surface area contributed by atoms with Crippen LogP contribution in [0.5, 0.6) is 5.75 Å². The monoisotopic (exact) mass is 332 g/mol. The predicted molar refractivity (Wildman–Crippen MR) is 83.3 cm³/mol. The molecule has 0 amide bonds. The second-order valence-corrected chi connectivity index (χ2v) is 6.09. The van der Waals surface area contributed by atoms with E-state index in [1.807, 2.05) is 24.3 Å². The number of methoxy groups -OCH3 is 1. The van der Waals surface area contributed by atoms with Crippen molar-refractivity contribution in [3.63, 3.8) is 0 Å². The van der Waals surface area contributed by atoms with Crippen molar-refractivity contribution in [1.82, 2.24) is 0 Å². The fraction of sp³-hybridized carbons (Fsp3) is 0.294. The van der Waals surface area contributed by atoms with E-state index in [2.05, 4.69) is 34.1 Å². The highest BCUT2D eigenvalue weighted by molar-refractivity contribution is 9.10. The van der Waals surface area contributed by atoms with E-state index in [0.717, 1.165) is 22.2 Å². The molecule has 0 aromatic heterocycles. The van der Waals surface area contributed by atoms with Gasteiger partial charge in [-0.05, 0) is 41.3 Å². The van der Waals surface area contributed by atoms with Crippen molar-refractivity contribution >= 4 is 15.9 Å². The summed E-state index contributed by atoms with van der Waals surface area (Å²) in [5, 5.41) is 10.5. The second-order valence-electron chi connectivity index (χ2n) is 5.24. The van der Waals surface area contributed by atoms with Crippen molar-refractivity contribution in [2.45, 2.75) is 24.9 Å². The van der Waals surface area contributed by atoms with Gasteiger partial charge in [-0.1, -0.05) is 40.2 Å². The van der Waals surface area contributed by atoms with Gasteiger partial charge in [0.1, 0.15) is 5.75 Å². The van der Waals surface area contributed by atoms with Gasteiger partial charge in [0, 0.05) is 16.8 Å². The van der Waals surface area contributed by atoms with E-state index in [-0.39, 0.29) is 12.0 Å². The summed E-state index contributed by atoms with van der Waals surface area (Å²) in [6.07, 6.45) is 1.25. The van der Waals surface area contributed by atoms with Gasteiger partial charge in [0.25, 0.3) is 0 Å². The number of fused-ring (bicyclic) bond motifs is 1. The molecule has 20 heavy (non-hydrogen) atoms. The fourth-order valence-corrected chi connectivity index (χ4v) is 3.25. The van der Waals surface area contributed by atoms with Crippen molar-refractivity contribution in [2.24, 2.45) is 0 Å². The molecule has 0 fully saturated rings. The molecular weight excluding hydrogens is 316 g/mol. The second kappa shape index (κ2) is 5.58. The predicted octanol–water partition coefficient (Wildman–Crippen LogP) is 3.70. The van der Waals surface area contributed by atoms with E-state index < -0.39 is 0 Å². The first-order chi connectivity index (χ1) is 9.69. The van der Waals surface area contributed by atoms with Crippen LogP contribution in [0.2, 0.25) is 0 Å². The van der Waals surface area contributed by atoms with E-state index in [4.69, 9.17) is 4.74 Å². The fourth-order valence-electron chi connectivity index (χ4n) is 2.84. The number of halogens is 1. The van der Waals surface area contributed by atoms with Crippen LogP contribution >= 0.6 is 15.9 Å². The molecule has 0 radical (unpaired) electrons. The molecule has 104 valence electrons. The Balaban J connectivity index is 1.76. The molecule has 1 aliphatic rings. The normalized spacial score (nSPS) is 18.1. The zero-order valence-corrected chi connectivity index (χ0v) is 12.9. The molecule has 0 aliphatic heterocycles. The summed E-state index contributed by atoms with van der Waals surface area (Å²) in [5.41, 5.74) is 3.74. The number of rotatable bonds is 4. The first-order valence-corrected chi connectivity index (χ1v) is 7.56. The largest absolute Gasteiger partial charge is 0.497 e. The highest BCUT2D eigenvalue weighted by Gasteiger charge is 2.31. The molecule has 3 heteroatoms. The van der Waals surface area contributed by atoms with E-state index >= 15 is 0 Å². The maximum Gasteiger partial charge on any atom is 0.119 e. The number of hydrogen-bond donors (Lipinski definition) is 1. The van der Waals surface area contributed by atoms with Crippen LogP contribution in [0.3, 0.4) is 0 Å². The van der Waals surface area contributed by atoms with Crippen LogP contribution in [0.15, 0.2) is 46.9 Å². The van der Waals surface area contributed by atoms with Gasteiger partial charge in [-0.3, -0.25) is 0 Å². The summed E-state index contributed by atoms with van der Waals surface area (Å²) in [7, 11) is 1.66. The highest BCUT2D eigenvalue weighted by Crippen LogP contribution is 2.39. The Morgan fingerprint density at radius 3 is 2.85 bits per heavy atom. The lowest BCUT2D eigenvalue weighted by Crippen LogP contribution is -2.30. The molecule has 2 nitrogen and oxygen atoms in total. The molecular formula is C17H17BrO2. The molecule has 2 aromatic carbocycles. The highest BCUT2D eigenvalue weighted by atomic mass is 79.9. The number of aliphatic hydroxyl groups excluding tert-OH is 1. The third kappa shape index (κ3) is 2.48. The maximum absolute atomic E-state index is 10.5. The molecule has 0 spiro atoms. The molecule has 0 heterocycles. The van der Waals surface area contributed by atoms with Crippen LogP contribution in [0, 0.1) is 0 Å². The summed E-state index contributed by atoms with van der Waals surface area (Å²) in [4.78, 5) is 0. The average molecular weight is 333 g/mol. The lowest BCUT2D eigenvalue weighted by molar-refractivity contribution is 0.133. The Kier molecular flexibility index (Phi) is 3.81. The van der Waals surface area contributed by atoms with Crippen molar-refractivity contribution in [3.05, 3.63) is 63.6 Å². The molecule has 2 aromatic rings. The first kappa shape index (κ1) is 13.7. The lowest BCUT2D eigenvalue weighted by atomic mass is 9.73. The number of hydrogen-bond acceptors (Lipinski definition) is 2. The first-order valence-electron chi connectivity index (χ1n) is 6.77. The summed E-state index contributed by atoms with van der Waals surface area (Å²) < 4.78 is 6.26. The van der Waals surface area contributed by atoms with Crippen molar-refractivity contribution in [2.75, 3.05) is 7.11 Å². The van der Waals surface area contributed by atoms with E-state index in [0.29, 0.717) is 6.42 Å². The van der Waals surface area contributed by atoms with E-state index in [9.17, 15) is 5.11 Å². The third-order valence-electron chi connectivity index (χ3n) is 4.04. The zero-order chi connectivity index (χ0) is 14.1. The minimum absolute atomic E-state index is 0.254. The van der Waals surface area contributed by atoms with Gasteiger partial charge < -0.3 is 9.84 Å². The van der Waals surface area contributed by atoms with Gasteiger partial charge in [0.05, 0.1) is 13.2 Å². The Labute approximate surface area is 127 Å². The molecule has 3 rings (SSSR count). The van der Waals surface area contributed by atoms with Crippen LogP contribution in [0.1, 0.15) is 22.6 Å². The third-order valence-corrected chi connectivity index (χ3v) is 4.81. The van der Waals surface area contributed by atoms with Crippen molar-refractivity contribution in [3.8, 4) is 5.75 Å². The van der Waals surface area contributed by atoms with Crippen molar-refractivity contribution < 1.29 is 9.84 Å². The Hall–Kier alpha value is -1.32. The molecule has 2 unspecified atom stereocenters. The molecule has 1 aliphatic carbocycles. The van der Waals surface area contributed by atoms with E-state index in [1.165, 1.54) is 11.1 Å². The Bertz CT molecular complexity index is 624. The number of aliphatic hydroxyl groups is 1. The van der Waals surface area contributed by atoms with Gasteiger partial charge in [-0.15, -0.1) is 0 Å². The quantitative estimate of drug-likeness (QED) is 0.924. The smallest absolute Gasteiger partial charge is 0.119 e.